The van der Waals surface area contributed by atoms with Crippen LogP contribution in [0, 0.1) is 0 Å². The van der Waals surface area contributed by atoms with Crippen LogP contribution in [0.5, 0.6) is 0 Å². The van der Waals surface area contributed by atoms with Gasteiger partial charge in [-0.2, -0.15) is 0 Å². The van der Waals surface area contributed by atoms with Gasteiger partial charge in [0.15, 0.2) is 0 Å². The van der Waals surface area contributed by atoms with E-state index in [1.165, 1.54) is 0 Å². The molecule has 21 heavy (non-hydrogen) atoms. The largest absolute Gasteiger partial charge is 0.437 e. The molecule has 2 aromatic carbocycles. The molecule has 0 amide bonds. The molecule has 4 aromatic rings. The molecule has 0 bridgehead atoms. The number of aromatic nitrogens is 1. The summed E-state index contributed by atoms with van der Waals surface area (Å²) in [5.41, 5.74) is 2.97. The van der Waals surface area contributed by atoms with Gasteiger partial charge in [0, 0.05) is 6.20 Å². The van der Waals surface area contributed by atoms with E-state index in [-0.39, 0.29) is 5.43 Å². The summed E-state index contributed by atoms with van der Waals surface area (Å²) in [6.07, 6.45) is 1.62. The molecule has 0 unspecified atom stereocenters. The Labute approximate surface area is 120 Å². The third-order valence-corrected chi connectivity index (χ3v) is 3.55. The molecule has 0 aliphatic carbocycles. The molecule has 0 N–H and O–H groups in total. The van der Waals surface area contributed by atoms with E-state index in [0.717, 1.165) is 11.1 Å². The second-order valence-corrected chi connectivity index (χ2v) is 4.86. The standard InChI is InChI=1S/C18H11NO2/c20-17-14-7-4-10-19-18(14)21-16-9-8-13(11-15(16)17)12-5-2-1-3-6-12/h1-11H. The Bertz CT molecular complexity index is 1000. The predicted octanol–water partition coefficient (Wildman–Crippen LogP) is 4.01. The molecule has 4 rings (SSSR count). The highest BCUT2D eigenvalue weighted by Crippen LogP contribution is 2.24. The molecule has 0 aliphatic heterocycles. The second-order valence-electron chi connectivity index (χ2n) is 4.86. The molecular weight excluding hydrogens is 262 g/mol. The normalized spacial score (nSPS) is 11.0. The molecule has 2 aromatic heterocycles. The maximum Gasteiger partial charge on any atom is 0.230 e. The SMILES string of the molecule is O=c1c2cc(-c3ccccc3)ccc2oc2ncccc12. The topological polar surface area (TPSA) is 43.1 Å². The van der Waals surface area contributed by atoms with E-state index in [4.69, 9.17) is 4.42 Å². The van der Waals surface area contributed by atoms with Gasteiger partial charge in [0.2, 0.25) is 11.1 Å². The lowest BCUT2D eigenvalue weighted by Crippen LogP contribution is -2.02. The summed E-state index contributed by atoms with van der Waals surface area (Å²) < 4.78 is 5.71. The Hall–Kier alpha value is -2.94. The molecule has 3 nitrogen and oxygen atoms in total. The van der Waals surface area contributed by atoms with Gasteiger partial charge in [0.05, 0.1) is 10.8 Å². The Morgan fingerprint density at radius 3 is 2.52 bits per heavy atom. The molecule has 0 saturated heterocycles. The first-order valence-corrected chi connectivity index (χ1v) is 6.70. The zero-order chi connectivity index (χ0) is 14.2. The van der Waals surface area contributed by atoms with Crippen molar-refractivity contribution >= 4 is 22.1 Å². The zero-order valence-corrected chi connectivity index (χ0v) is 11.1. The number of nitrogens with zero attached hydrogens (tertiary/aromatic N) is 1. The van der Waals surface area contributed by atoms with E-state index in [2.05, 4.69) is 4.98 Å². The van der Waals surface area contributed by atoms with Gasteiger partial charge in [-0.3, -0.25) is 4.79 Å². The van der Waals surface area contributed by atoms with Gasteiger partial charge in [0.25, 0.3) is 0 Å². The van der Waals surface area contributed by atoms with Crippen LogP contribution in [0.1, 0.15) is 0 Å². The predicted molar refractivity (Wildman–Crippen MR) is 83.2 cm³/mol. The molecule has 100 valence electrons. The average molecular weight is 273 g/mol. The van der Waals surface area contributed by atoms with E-state index in [9.17, 15) is 4.79 Å². The fourth-order valence-corrected chi connectivity index (χ4v) is 2.50. The minimum Gasteiger partial charge on any atom is -0.437 e. The first-order valence-electron chi connectivity index (χ1n) is 6.70. The zero-order valence-electron chi connectivity index (χ0n) is 11.1. The Morgan fingerprint density at radius 1 is 0.810 bits per heavy atom. The maximum absolute atomic E-state index is 12.6. The molecule has 3 heteroatoms. The number of rotatable bonds is 1. The second kappa shape index (κ2) is 4.56. The molecule has 0 saturated carbocycles. The van der Waals surface area contributed by atoms with Crippen LogP contribution in [0.15, 0.2) is 76.1 Å². The average Bonchev–Trinajstić information content (AvgIpc) is 2.56. The first kappa shape index (κ1) is 11.9. The third-order valence-electron chi connectivity index (χ3n) is 3.55. The van der Waals surface area contributed by atoms with E-state index < -0.39 is 0 Å². The molecule has 2 heterocycles. The summed E-state index contributed by atoms with van der Waals surface area (Å²) in [5.74, 6) is 0. The smallest absolute Gasteiger partial charge is 0.230 e. The Kier molecular flexibility index (Phi) is 2.57. The highest BCUT2D eigenvalue weighted by Gasteiger charge is 2.09. The minimum absolute atomic E-state index is 0.0443. The monoisotopic (exact) mass is 273 g/mol. The van der Waals surface area contributed by atoms with Gasteiger partial charge in [-0.1, -0.05) is 36.4 Å². The van der Waals surface area contributed by atoms with Gasteiger partial charge < -0.3 is 4.42 Å². The molecular formula is C18H11NO2. The van der Waals surface area contributed by atoms with Crippen LogP contribution in [-0.4, -0.2) is 4.98 Å². The van der Waals surface area contributed by atoms with Gasteiger partial charge in [-0.15, -0.1) is 0 Å². The molecule has 0 fully saturated rings. The van der Waals surface area contributed by atoms with Crippen LogP contribution in [0.4, 0.5) is 0 Å². The Balaban J connectivity index is 2.06. The van der Waals surface area contributed by atoms with Crippen molar-refractivity contribution in [1.29, 1.82) is 0 Å². The van der Waals surface area contributed by atoms with Crippen LogP contribution >= 0.6 is 0 Å². The summed E-state index contributed by atoms with van der Waals surface area (Å²) >= 11 is 0. The minimum atomic E-state index is -0.0443. The highest BCUT2D eigenvalue weighted by molar-refractivity contribution is 5.90. The van der Waals surface area contributed by atoms with E-state index in [1.54, 1.807) is 18.3 Å². The van der Waals surface area contributed by atoms with Gasteiger partial charge in [-0.05, 0) is 35.4 Å². The van der Waals surface area contributed by atoms with Gasteiger partial charge >= 0.3 is 0 Å². The van der Waals surface area contributed by atoms with Crippen molar-refractivity contribution in [3.63, 3.8) is 0 Å². The lowest BCUT2D eigenvalue weighted by atomic mass is 10.0. The number of fused-ring (bicyclic) bond motifs is 2. The number of hydrogen-bond donors (Lipinski definition) is 0. The van der Waals surface area contributed by atoms with Crippen LogP contribution in [-0.2, 0) is 0 Å². The summed E-state index contributed by atoms with van der Waals surface area (Å²) in [6, 6.07) is 19.1. The van der Waals surface area contributed by atoms with Crippen molar-refractivity contribution in [3.05, 3.63) is 77.1 Å². The van der Waals surface area contributed by atoms with Crippen molar-refractivity contribution in [3.8, 4) is 11.1 Å². The fourth-order valence-electron chi connectivity index (χ4n) is 2.50. The highest BCUT2D eigenvalue weighted by atomic mass is 16.3. The maximum atomic E-state index is 12.6. The lowest BCUT2D eigenvalue weighted by molar-refractivity contribution is 0.645. The quantitative estimate of drug-likeness (QED) is 0.492. The van der Waals surface area contributed by atoms with Crippen LogP contribution < -0.4 is 5.43 Å². The van der Waals surface area contributed by atoms with E-state index in [1.807, 2.05) is 48.5 Å². The molecule has 0 atom stereocenters. The van der Waals surface area contributed by atoms with Gasteiger partial charge in [0.1, 0.15) is 5.58 Å². The van der Waals surface area contributed by atoms with Gasteiger partial charge in [-0.25, -0.2) is 4.98 Å². The van der Waals surface area contributed by atoms with Crippen molar-refractivity contribution in [2.45, 2.75) is 0 Å². The van der Waals surface area contributed by atoms with E-state index in [0.29, 0.717) is 22.1 Å². The summed E-state index contributed by atoms with van der Waals surface area (Å²) in [4.78, 5) is 16.7. The number of pyridine rings is 1. The molecule has 0 aliphatic rings. The first-order chi connectivity index (χ1) is 10.3. The Morgan fingerprint density at radius 2 is 1.67 bits per heavy atom. The van der Waals surface area contributed by atoms with E-state index >= 15 is 0 Å². The summed E-state index contributed by atoms with van der Waals surface area (Å²) in [7, 11) is 0. The summed E-state index contributed by atoms with van der Waals surface area (Å²) in [5, 5.41) is 1.09. The number of hydrogen-bond acceptors (Lipinski definition) is 3. The van der Waals surface area contributed by atoms with Crippen molar-refractivity contribution < 1.29 is 4.42 Å². The van der Waals surface area contributed by atoms with Crippen molar-refractivity contribution in [1.82, 2.24) is 4.98 Å². The van der Waals surface area contributed by atoms with Crippen molar-refractivity contribution in [2.75, 3.05) is 0 Å². The van der Waals surface area contributed by atoms with Crippen LogP contribution in [0.3, 0.4) is 0 Å². The molecule has 0 radical (unpaired) electrons. The third kappa shape index (κ3) is 1.91. The summed E-state index contributed by atoms with van der Waals surface area (Å²) in [6.45, 7) is 0. The molecule has 0 spiro atoms. The number of benzene rings is 2. The van der Waals surface area contributed by atoms with Crippen LogP contribution in [0.25, 0.3) is 33.2 Å². The van der Waals surface area contributed by atoms with Crippen LogP contribution in [0.2, 0.25) is 0 Å². The van der Waals surface area contributed by atoms with Crippen molar-refractivity contribution in [2.24, 2.45) is 0 Å². The lowest BCUT2D eigenvalue weighted by Gasteiger charge is -2.04. The fraction of sp³-hybridized carbons (Fsp3) is 0.